The number of nitrogens with one attached hydrogen (secondary N) is 1. The third kappa shape index (κ3) is 4.66. The highest BCUT2D eigenvalue weighted by Crippen LogP contribution is 2.23. The molecule has 7 heteroatoms. The van der Waals surface area contributed by atoms with Crippen LogP contribution < -0.4 is 5.32 Å². The molecule has 0 saturated carbocycles. The van der Waals surface area contributed by atoms with Gasteiger partial charge in [-0.1, -0.05) is 17.7 Å². The summed E-state index contributed by atoms with van der Waals surface area (Å²) in [6.45, 7) is 5.58. The molecule has 0 radical (unpaired) electrons. The predicted molar refractivity (Wildman–Crippen MR) is 107 cm³/mol. The molecule has 0 fully saturated rings. The number of rotatable bonds is 6. The van der Waals surface area contributed by atoms with E-state index in [-0.39, 0.29) is 17.3 Å². The maximum absolute atomic E-state index is 12.6. The minimum Gasteiger partial charge on any atom is -0.324 e. The van der Waals surface area contributed by atoms with Crippen molar-refractivity contribution in [2.75, 3.05) is 25.2 Å². The Bertz CT molecular complexity index is 884. The van der Waals surface area contributed by atoms with Crippen LogP contribution in [0, 0.1) is 20.8 Å². The molecule has 140 valence electrons. The van der Waals surface area contributed by atoms with Crippen LogP contribution in [0.4, 0.5) is 5.69 Å². The van der Waals surface area contributed by atoms with Crippen molar-refractivity contribution in [1.82, 2.24) is 4.31 Å². The van der Waals surface area contributed by atoms with Crippen LogP contribution in [-0.2, 0) is 14.8 Å². The Balaban J connectivity index is 2.13. The van der Waals surface area contributed by atoms with Crippen molar-refractivity contribution in [2.24, 2.45) is 0 Å². The lowest BCUT2D eigenvalue weighted by atomic mass is 10.1. The second-order valence-corrected chi connectivity index (χ2v) is 9.18. The first kappa shape index (κ1) is 20.5. The highest BCUT2D eigenvalue weighted by Gasteiger charge is 2.23. The number of hydrogen-bond acceptors (Lipinski definition) is 4. The SMILES string of the molecule is CSc1ccc(S(=O)(=O)N(C)CC(=O)Nc2c(C)cc(C)cc2C)cc1. The quantitative estimate of drug-likeness (QED) is 0.763. The standard InChI is InChI=1S/C19H24N2O3S2/c1-13-10-14(2)19(15(3)11-13)20-18(22)12-21(4)26(23,24)17-8-6-16(25-5)7-9-17/h6-11H,12H2,1-5H3,(H,20,22). The van der Waals surface area contributed by atoms with Crippen molar-refractivity contribution in [2.45, 2.75) is 30.6 Å². The number of thioether (sulfide) groups is 1. The van der Waals surface area contributed by atoms with Gasteiger partial charge >= 0.3 is 0 Å². The third-order valence-corrected chi connectivity index (χ3v) is 6.64. The van der Waals surface area contributed by atoms with Crippen LogP contribution in [0.15, 0.2) is 46.2 Å². The van der Waals surface area contributed by atoms with Gasteiger partial charge in [-0.05, 0) is 62.4 Å². The Morgan fingerprint density at radius 2 is 1.62 bits per heavy atom. The van der Waals surface area contributed by atoms with Crippen LogP contribution in [0.2, 0.25) is 0 Å². The number of nitrogens with zero attached hydrogens (tertiary/aromatic N) is 1. The van der Waals surface area contributed by atoms with Crippen LogP contribution >= 0.6 is 11.8 Å². The Morgan fingerprint density at radius 3 is 2.12 bits per heavy atom. The zero-order valence-electron chi connectivity index (χ0n) is 15.7. The summed E-state index contributed by atoms with van der Waals surface area (Å²) in [7, 11) is -2.31. The van der Waals surface area contributed by atoms with Gasteiger partial charge in [0.15, 0.2) is 0 Å². The van der Waals surface area contributed by atoms with Crippen LogP contribution in [-0.4, -0.2) is 38.5 Å². The molecule has 2 rings (SSSR count). The highest BCUT2D eigenvalue weighted by atomic mass is 32.2. The van der Waals surface area contributed by atoms with Gasteiger partial charge in [-0.25, -0.2) is 8.42 Å². The van der Waals surface area contributed by atoms with E-state index in [9.17, 15) is 13.2 Å². The zero-order valence-corrected chi connectivity index (χ0v) is 17.3. The van der Waals surface area contributed by atoms with Crippen LogP contribution in [0.1, 0.15) is 16.7 Å². The average molecular weight is 393 g/mol. The summed E-state index contributed by atoms with van der Waals surface area (Å²) in [4.78, 5) is 13.5. The second-order valence-electron chi connectivity index (χ2n) is 6.26. The molecule has 0 bridgehead atoms. The second kappa shape index (κ2) is 8.24. The number of carbonyl (C=O) groups is 1. The van der Waals surface area contributed by atoms with Crippen LogP contribution in [0.3, 0.4) is 0 Å². The number of amides is 1. The summed E-state index contributed by atoms with van der Waals surface area (Å²) in [5.74, 6) is -0.369. The summed E-state index contributed by atoms with van der Waals surface area (Å²) in [6.07, 6.45) is 1.93. The summed E-state index contributed by atoms with van der Waals surface area (Å²) in [5.41, 5.74) is 3.75. The molecule has 0 aliphatic rings. The molecule has 2 aromatic rings. The molecular formula is C19H24N2O3S2. The third-order valence-electron chi connectivity index (χ3n) is 4.08. The van der Waals surface area contributed by atoms with E-state index in [1.807, 2.05) is 39.2 Å². The molecule has 5 nitrogen and oxygen atoms in total. The lowest BCUT2D eigenvalue weighted by Crippen LogP contribution is -2.35. The number of carbonyl (C=O) groups excluding carboxylic acids is 1. The molecule has 26 heavy (non-hydrogen) atoms. The van der Waals surface area contributed by atoms with Gasteiger partial charge < -0.3 is 5.32 Å². The van der Waals surface area contributed by atoms with Crippen molar-refractivity contribution in [3.05, 3.63) is 53.1 Å². The van der Waals surface area contributed by atoms with Crippen molar-refractivity contribution in [3.8, 4) is 0 Å². The number of likely N-dealkylation sites (N-methyl/N-ethyl adjacent to an activating group) is 1. The summed E-state index contributed by atoms with van der Waals surface area (Å²) in [5, 5.41) is 2.83. The van der Waals surface area contributed by atoms with E-state index in [0.717, 1.165) is 31.6 Å². The topological polar surface area (TPSA) is 66.5 Å². The van der Waals surface area contributed by atoms with Gasteiger partial charge in [0.25, 0.3) is 0 Å². The van der Waals surface area contributed by atoms with E-state index in [1.165, 1.54) is 18.8 Å². The Kier molecular flexibility index (Phi) is 6.49. The fraction of sp³-hybridized carbons (Fsp3) is 0.316. The van der Waals surface area contributed by atoms with Gasteiger partial charge in [0.05, 0.1) is 11.4 Å². The lowest BCUT2D eigenvalue weighted by molar-refractivity contribution is -0.116. The smallest absolute Gasteiger partial charge is 0.243 e. The first-order chi connectivity index (χ1) is 12.1. The fourth-order valence-corrected chi connectivity index (χ4v) is 4.31. The molecule has 0 aromatic heterocycles. The number of aryl methyl sites for hydroxylation is 3. The van der Waals surface area contributed by atoms with Gasteiger partial charge in [0.2, 0.25) is 15.9 Å². The molecule has 0 saturated heterocycles. The molecule has 0 unspecified atom stereocenters. The van der Waals surface area contributed by atoms with Gasteiger partial charge in [-0.3, -0.25) is 4.79 Å². The maximum Gasteiger partial charge on any atom is 0.243 e. The van der Waals surface area contributed by atoms with E-state index in [1.54, 1.807) is 24.3 Å². The van der Waals surface area contributed by atoms with Crippen molar-refractivity contribution >= 4 is 33.4 Å². The van der Waals surface area contributed by atoms with Crippen LogP contribution in [0.5, 0.6) is 0 Å². The molecular weight excluding hydrogens is 368 g/mol. The molecule has 1 amide bonds. The van der Waals surface area contributed by atoms with E-state index in [0.29, 0.717) is 0 Å². The fourth-order valence-electron chi connectivity index (χ4n) is 2.77. The molecule has 0 atom stereocenters. The van der Waals surface area contributed by atoms with Crippen LogP contribution in [0.25, 0.3) is 0 Å². The minimum atomic E-state index is -3.72. The lowest BCUT2D eigenvalue weighted by Gasteiger charge is -2.18. The monoisotopic (exact) mass is 392 g/mol. The molecule has 0 aliphatic carbocycles. The number of hydrogen-bond donors (Lipinski definition) is 1. The molecule has 0 heterocycles. The average Bonchev–Trinajstić information content (AvgIpc) is 2.58. The highest BCUT2D eigenvalue weighted by molar-refractivity contribution is 7.98. The van der Waals surface area contributed by atoms with E-state index in [4.69, 9.17) is 0 Å². The van der Waals surface area contributed by atoms with Crippen molar-refractivity contribution in [1.29, 1.82) is 0 Å². The van der Waals surface area contributed by atoms with Gasteiger partial charge in [0.1, 0.15) is 0 Å². The largest absolute Gasteiger partial charge is 0.324 e. The first-order valence-corrected chi connectivity index (χ1v) is 10.8. The van der Waals surface area contributed by atoms with Gasteiger partial charge in [-0.2, -0.15) is 4.31 Å². The summed E-state index contributed by atoms with van der Waals surface area (Å²) in [6, 6.07) is 10.6. The van der Waals surface area contributed by atoms with Crippen molar-refractivity contribution < 1.29 is 13.2 Å². The maximum atomic E-state index is 12.6. The summed E-state index contributed by atoms with van der Waals surface area (Å²) < 4.78 is 26.3. The van der Waals surface area contributed by atoms with E-state index < -0.39 is 10.0 Å². The Morgan fingerprint density at radius 1 is 1.08 bits per heavy atom. The molecule has 2 aromatic carbocycles. The van der Waals surface area contributed by atoms with Crippen molar-refractivity contribution in [3.63, 3.8) is 0 Å². The number of benzene rings is 2. The normalized spacial score (nSPS) is 11.6. The zero-order chi connectivity index (χ0) is 19.5. The van der Waals surface area contributed by atoms with Gasteiger partial charge in [-0.15, -0.1) is 11.8 Å². The first-order valence-electron chi connectivity index (χ1n) is 8.13. The van der Waals surface area contributed by atoms with E-state index in [2.05, 4.69) is 5.32 Å². The molecule has 0 aliphatic heterocycles. The number of anilines is 1. The Labute approximate surface area is 159 Å². The Hall–Kier alpha value is -1.83. The summed E-state index contributed by atoms with van der Waals surface area (Å²) >= 11 is 1.54. The molecule has 0 spiro atoms. The molecule has 1 N–H and O–H groups in total. The van der Waals surface area contributed by atoms with Gasteiger partial charge in [0, 0.05) is 17.6 Å². The number of sulfonamides is 1. The van der Waals surface area contributed by atoms with E-state index >= 15 is 0 Å². The minimum absolute atomic E-state index is 0.174. The predicted octanol–water partition coefficient (Wildman–Crippen LogP) is 3.59.